The van der Waals surface area contributed by atoms with Gasteiger partial charge in [-0.05, 0) is 13.0 Å². The third kappa shape index (κ3) is 25.0. The van der Waals surface area contributed by atoms with Crippen molar-refractivity contribution < 1.29 is 137 Å². The zero-order valence-electron chi connectivity index (χ0n) is 13.4. The maximum atomic E-state index is 10.8. The minimum absolute atomic E-state index is 0. The van der Waals surface area contributed by atoms with Crippen LogP contribution in [0.3, 0.4) is 0 Å². The van der Waals surface area contributed by atoms with Crippen LogP contribution in [0.5, 0.6) is 0 Å². The monoisotopic (exact) mass is 444 g/mol. The predicted molar refractivity (Wildman–Crippen MR) is 73.0 cm³/mol. The van der Waals surface area contributed by atoms with E-state index >= 15 is 0 Å². The maximum Gasteiger partial charge on any atom is 1.00 e. The van der Waals surface area contributed by atoms with E-state index in [-0.39, 0.29) is 135 Å². The van der Waals surface area contributed by atoms with Crippen LogP contribution in [0.15, 0.2) is 0 Å². The second-order valence-corrected chi connectivity index (χ2v) is 9.27. The molecule has 0 bridgehead atoms. The summed E-state index contributed by atoms with van der Waals surface area (Å²) in [7, 11) is -12.3. The van der Waals surface area contributed by atoms with Crippen molar-refractivity contribution in [1.82, 2.24) is 9.62 Å². The number of sulfonamides is 1. The first-order valence-corrected chi connectivity index (χ1v) is 10.9. The second-order valence-electron chi connectivity index (χ2n) is 4.39. The van der Waals surface area contributed by atoms with Crippen LogP contribution in [-0.2, 0) is 30.3 Å². The van der Waals surface area contributed by atoms with Crippen molar-refractivity contribution in [3.8, 4) is 0 Å². The zero-order chi connectivity index (χ0) is 16.7. The average molecular weight is 445 g/mol. The van der Waals surface area contributed by atoms with E-state index in [2.05, 4.69) is 4.72 Å². The van der Waals surface area contributed by atoms with Gasteiger partial charge in [0.15, 0.2) is 0 Å². The SMILES string of the molecule is CS(=O)(=O)NCCCN(CCS(=O)(=O)[O-])CCS(=O)(=O)[O-].[K+].[K+]. The molecule has 0 unspecified atom stereocenters. The fraction of sp³-hybridized carbons (Fsp3) is 1.00. The Kier molecular flexibility index (Phi) is 18.7. The molecular weight excluding hydrogens is 426 g/mol. The van der Waals surface area contributed by atoms with E-state index in [1.807, 2.05) is 0 Å². The number of hydrogen-bond donors (Lipinski definition) is 1. The minimum Gasteiger partial charge on any atom is -0.748 e. The van der Waals surface area contributed by atoms with Crippen LogP contribution >= 0.6 is 0 Å². The molecule has 0 aromatic carbocycles. The second kappa shape index (κ2) is 14.0. The van der Waals surface area contributed by atoms with Crippen molar-refractivity contribution >= 4 is 30.3 Å². The summed E-state index contributed by atoms with van der Waals surface area (Å²) >= 11 is 0. The maximum absolute atomic E-state index is 10.8. The van der Waals surface area contributed by atoms with Gasteiger partial charge >= 0.3 is 103 Å². The molecule has 0 fully saturated rings. The number of nitrogens with one attached hydrogen (secondary N) is 1. The quantitative estimate of drug-likeness (QED) is 0.185. The minimum atomic E-state index is -4.46. The molecule has 0 amide bonds. The molecule has 10 nitrogen and oxygen atoms in total. The number of rotatable bonds is 11. The van der Waals surface area contributed by atoms with E-state index in [9.17, 15) is 34.4 Å². The van der Waals surface area contributed by atoms with E-state index in [0.29, 0.717) is 0 Å². The van der Waals surface area contributed by atoms with Crippen LogP contribution < -0.4 is 107 Å². The fourth-order valence-corrected chi connectivity index (χ4v) is 2.86. The third-order valence-electron chi connectivity index (χ3n) is 2.33. The van der Waals surface area contributed by atoms with Gasteiger partial charge in [0.05, 0.1) is 38.0 Å². The number of hydrogen-bond acceptors (Lipinski definition) is 9. The molecule has 15 heteroatoms. The summed E-state index contributed by atoms with van der Waals surface area (Å²) < 4.78 is 87.1. The molecule has 0 radical (unpaired) electrons. The molecule has 0 saturated carbocycles. The van der Waals surface area contributed by atoms with Gasteiger partial charge in [-0.3, -0.25) is 0 Å². The largest absolute Gasteiger partial charge is 1.00 e. The van der Waals surface area contributed by atoms with Gasteiger partial charge in [-0.15, -0.1) is 0 Å². The zero-order valence-corrected chi connectivity index (χ0v) is 22.1. The van der Waals surface area contributed by atoms with Gasteiger partial charge in [0.1, 0.15) is 0 Å². The molecule has 0 aliphatic rings. The normalized spacial score (nSPS) is 12.5. The van der Waals surface area contributed by atoms with Crippen LogP contribution in [0, 0.1) is 0 Å². The van der Waals surface area contributed by atoms with Crippen molar-refractivity contribution in [2.75, 3.05) is 43.9 Å². The Hall–Kier alpha value is 2.96. The van der Waals surface area contributed by atoms with Crippen LogP contribution in [0.4, 0.5) is 0 Å². The summed E-state index contributed by atoms with van der Waals surface area (Å²) in [5, 5.41) is 0. The molecule has 1 N–H and O–H groups in total. The van der Waals surface area contributed by atoms with Gasteiger partial charge in [-0.25, -0.2) is 30.0 Å². The van der Waals surface area contributed by atoms with E-state index in [4.69, 9.17) is 0 Å². The van der Waals surface area contributed by atoms with Crippen molar-refractivity contribution in [2.45, 2.75) is 6.42 Å². The number of nitrogens with zero attached hydrogens (tertiary/aromatic N) is 1. The third-order valence-corrected chi connectivity index (χ3v) is 4.42. The molecule has 0 heterocycles. The Morgan fingerprint density at radius 3 is 1.52 bits per heavy atom. The van der Waals surface area contributed by atoms with Crippen molar-refractivity contribution in [2.24, 2.45) is 0 Å². The molecule has 0 rings (SSSR count). The Bertz CT molecular complexity index is 584. The molecule has 0 atom stereocenters. The molecule has 0 aliphatic heterocycles. The Balaban J connectivity index is -0.00000200. The van der Waals surface area contributed by atoms with Crippen LogP contribution in [0.25, 0.3) is 0 Å². The summed E-state index contributed by atoms with van der Waals surface area (Å²) in [6.07, 6.45) is 1.24. The van der Waals surface area contributed by atoms with Crippen molar-refractivity contribution in [3.05, 3.63) is 0 Å². The van der Waals surface area contributed by atoms with E-state index in [1.165, 1.54) is 4.90 Å². The van der Waals surface area contributed by atoms with Gasteiger partial charge < -0.3 is 14.0 Å². The van der Waals surface area contributed by atoms with Gasteiger partial charge in [-0.1, -0.05) is 0 Å². The van der Waals surface area contributed by atoms with Crippen LogP contribution in [0.1, 0.15) is 6.42 Å². The summed E-state index contributed by atoms with van der Waals surface area (Å²) in [6.45, 7) is -0.225. The molecule has 23 heavy (non-hydrogen) atoms. The molecule has 0 aliphatic carbocycles. The Morgan fingerprint density at radius 1 is 0.826 bits per heavy atom. The van der Waals surface area contributed by atoms with Crippen LogP contribution in [0.2, 0.25) is 0 Å². The van der Waals surface area contributed by atoms with E-state index in [1.54, 1.807) is 0 Å². The molecule has 0 aromatic rings. The van der Waals surface area contributed by atoms with Crippen molar-refractivity contribution in [3.63, 3.8) is 0 Å². The van der Waals surface area contributed by atoms with Gasteiger partial charge in [0.25, 0.3) is 0 Å². The molecule has 0 aromatic heterocycles. The van der Waals surface area contributed by atoms with Gasteiger partial charge in [0.2, 0.25) is 10.0 Å². The Morgan fingerprint density at radius 2 is 1.22 bits per heavy atom. The average Bonchev–Trinajstić information content (AvgIpc) is 2.22. The first-order valence-electron chi connectivity index (χ1n) is 5.83. The topological polar surface area (TPSA) is 164 Å². The smallest absolute Gasteiger partial charge is 0.748 e. The summed E-state index contributed by atoms with van der Waals surface area (Å²) in [6, 6.07) is 0. The molecule has 128 valence electrons. The van der Waals surface area contributed by atoms with Gasteiger partial charge in [-0.2, -0.15) is 0 Å². The summed E-state index contributed by atoms with van der Waals surface area (Å²) in [5.74, 6) is -1.43. The standard InChI is InChI=1S/C8H20N2O8S3.2K/c1-19(11,12)9-3-2-4-10(5-7-20(13,14)15)6-8-21(16,17)18;;/h9H,2-8H2,1H3,(H,13,14,15)(H,16,17,18);;/q;2*+1/p-2. The first-order chi connectivity index (χ1) is 9.29. The first kappa shape index (κ1) is 30.7. The predicted octanol–water partition coefficient (Wildman–Crippen LogP) is -8.67. The molecule has 0 spiro atoms. The summed E-state index contributed by atoms with van der Waals surface area (Å²) in [5.41, 5.74) is 0. The van der Waals surface area contributed by atoms with E-state index in [0.717, 1.165) is 6.26 Å². The Labute approximate surface area is 222 Å². The van der Waals surface area contributed by atoms with Crippen molar-refractivity contribution in [1.29, 1.82) is 0 Å². The van der Waals surface area contributed by atoms with Crippen LogP contribution in [-0.4, -0.2) is 83.2 Å². The summed E-state index contributed by atoms with van der Waals surface area (Å²) in [4.78, 5) is 1.31. The fourth-order valence-electron chi connectivity index (χ4n) is 1.38. The van der Waals surface area contributed by atoms with E-state index < -0.39 is 41.8 Å². The molecular formula is C8H18K2N2O8S3. The molecule has 0 saturated heterocycles. The van der Waals surface area contributed by atoms with Gasteiger partial charge in [0, 0.05) is 19.6 Å².